The summed E-state index contributed by atoms with van der Waals surface area (Å²) in [6, 6.07) is 16.2. The number of aliphatic carboxylic acids is 1. The lowest BCUT2D eigenvalue weighted by Gasteiger charge is -2.26. The first kappa shape index (κ1) is 40.2. The molecule has 2 aromatic heterocycles. The summed E-state index contributed by atoms with van der Waals surface area (Å²) in [5, 5.41) is 25.5. The number of aromatic nitrogens is 2. The van der Waals surface area contributed by atoms with Gasteiger partial charge < -0.3 is 25.6 Å². The van der Waals surface area contributed by atoms with Crippen molar-refractivity contribution < 1.29 is 29.3 Å². The summed E-state index contributed by atoms with van der Waals surface area (Å²) in [5.74, 6) is -1.57. The van der Waals surface area contributed by atoms with Crippen LogP contribution in [0.3, 0.4) is 0 Å². The zero-order chi connectivity index (χ0) is 37.8. The number of carboxylic acid groups (broad SMARTS) is 1. The van der Waals surface area contributed by atoms with Gasteiger partial charge in [-0.3, -0.25) is 9.59 Å². The molecule has 2 unspecified atom stereocenters. The SMILES string of the molecule is CCCCCCCOc1ccc(-c2cnc(-c3ccc(C[C@H](NC(=O)c4ccc(C(C)(C)C)s4)C(=O)NC(C(=O)O)C(O)C(C)C)cc3)nc2)cc1. The van der Waals surface area contributed by atoms with Crippen molar-refractivity contribution in [1.29, 1.82) is 0 Å². The molecular formula is C41H52N4O6S. The van der Waals surface area contributed by atoms with Crippen LogP contribution in [-0.4, -0.2) is 62.8 Å². The van der Waals surface area contributed by atoms with Gasteiger partial charge in [-0.15, -0.1) is 11.3 Å². The average molecular weight is 729 g/mol. The molecule has 4 aromatic rings. The summed E-state index contributed by atoms with van der Waals surface area (Å²) in [7, 11) is 0. The maximum absolute atomic E-state index is 13.5. The zero-order valence-electron chi connectivity index (χ0n) is 31.0. The molecule has 52 heavy (non-hydrogen) atoms. The third-order valence-corrected chi connectivity index (χ3v) is 10.3. The molecule has 278 valence electrons. The van der Waals surface area contributed by atoms with E-state index in [1.54, 1.807) is 32.3 Å². The highest BCUT2D eigenvalue weighted by atomic mass is 32.1. The standard InChI is InChI=1S/C41H52N4O6S/c1-7-8-9-10-11-22-51-31-18-16-28(17-19-31)30-24-42-37(43-25-30)29-14-12-27(13-15-29)23-32(38(47)45-35(40(49)50)36(46)26(2)3)44-39(48)33-20-21-34(52-33)41(4,5)6/h12-21,24-26,32,35-36,46H,7-11,22-23H2,1-6H3,(H,44,48)(H,45,47)(H,49,50)/t32-,35?,36?/m0/s1. The van der Waals surface area contributed by atoms with Crippen LogP contribution < -0.4 is 15.4 Å². The fourth-order valence-corrected chi connectivity index (χ4v) is 6.49. The minimum atomic E-state index is -1.54. The number of aliphatic hydroxyl groups is 1. The Balaban J connectivity index is 1.45. The smallest absolute Gasteiger partial charge is 0.328 e. The topological polar surface area (TPSA) is 151 Å². The Bertz CT molecular complexity index is 1750. The highest BCUT2D eigenvalue weighted by Crippen LogP contribution is 2.30. The van der Waals surface area contributed by atoms with Gasteiger partial charge in [0.15, 0.2) is 11.9 Å². The third kappa shape index (κ3) is 11.4. The number of thiophene rings is 1. The van der Waals surface area contributed by atoms with Gasteiger partial charge in [-0.05, 0) is 53.1 Å². The van der Waals surface area contributed by atoms with Crippen molar-refractivity contribution in [3.05, 3.63) is 88.4 Å². The number of carbonyl (C=O) groups is 3. The molecule has 0 aliphatic heterocycles. The Kier molecular flexibility index (Phi) is 14.5. The number of nitrogens with one attached hydrogen (secondary N) is 2. The van der Waals surface area contributed by atoms with E-state index in [1.807, 2.05) is 54.6 Å². The summed E-state index contributed by atoms with van der Waals surface area (Å²) < 4.78 is 5.89. The highest BCUT2D eigenvalue weighted by Gasteiger charge is 2.33. The largest absolute Gasteiger partial charge is 0.494 e. The van der Waals surface area contributed by atoms with Crippen molar-refractivity contribution >= 4 is 29.1 Å². The van der Waals surface area contributed by atoms with Gasteiger partial charge in [0.1, 0.15) is 11.8 Å². The molecule has 4 rings (SSSR count). The van der Waals surface area contributed by atoms with Crippen LogP contribution >= 0.6 is 11.3 Å². The monoisotopic (exact) mass is 728 g/mol. The predicted octanol–water partition coefficient (Wildman–Crippen LogP) is 7.45. The van der Waals surface area contributed by atoms with Crippen LogP contribution in [0.15, 0.2) is 73.1 Å². The molecule has 0 radical (unpaired) electrons. The van der Waals surface area contributed by atoms with Crippen molar-refractivity contribution in [3.8, 4) is 28.3 Å². The van der Waals surface area contributed by atoms with Gasteiger partial charge in [0, 0.05) is 34.8 Å². The highest BCUT2D eigenvalue weighted by molar-refractivity contribution is 7.14. The molecule has 11 heteroatoms. The number of nitrogens with zero attached hydrogens (tertiary/aromatic N) is 2. The van der Waals surface area contributed by atoms with E-state index in [0.29, 0.717) is 17.3 Å². The third-order valence-electron chi connectivity index (χ3n) is 8.79. The second kappa shape index (κ2) is 18.8. The predicted molar refractivity (Wildman–Crippen MR) is 206 cm³/mol. The first-order chi connectivity index (χ1) is 24.8. The molecule has 0 aliphatic carbocycles. The van der Waals surface area contributed by atoms with E-state index < -0.39 is 41.9 Å². The van der Waals surface area contributed by atoms with Gasteiger partial charge in [-0.1, -0.05) is 104 Å². The van der Waals surface area contributed by atoms with Crippen LogP contribution in [0.4, 0.5) is 0 Å². The van der Waals surface area contributed by atoms with E-state index in [9.17, 15) is 24.6 Å². The summed E-state index contributed by atoms with van der Waals surface area (Å²) in [5.41, 5.74) is 3.19. The maximum Gasteiger partial charge on any atom is 0.328 e. The molecule has 0 saturated carbocycles. The van der Waals surface area contributed by atoms with Crippen LogP contribution in [0.2, 0.25) is 0 Å². The Morgan fingerprint density at radius 1 is 0.827 bits per heavy atom. The second-order valence-corrected chi connectivity index (χ2v) is 15.6. The number of hydrogen-bond donors (Lipinski definition) is 4. The van der Waals surface area contributed by atoms with E-state index in [0.717, 1.165) is 39.3 Å². The molecule has 0 bridgehead atoms. The summed E-state index contributed by atoms with van der Waals surface area (Å²) in [4.78, 5) is 49.5. The van der Waals surface area contributed by atoms with Crippen molar-refractivity contribution in [3.63, 3.8) is 0 Å². The Hall–Kier alpha value is -4.61. The van der Waals surface area contributed by atoms with E-state index in [4.69, 9.17) is 4.74 Å². The maximum atomic E-state index is 13.5. The number of rotatable bonds is 18. The van der Waals surface area contributed by atoms with Crippen molar-refractivity contribution in [2.45, 2.75) is 104 Å². The van der Waals surface area contributed by atoms with Gasteiger partial charge in [0.2, 0.25) is 5.91 Å². The first-order valence-corrected chi connectivity index (χ1v) is 18.9. The summed E-state index contributed by atoms with van der Waals surface area (Å²) in [6.45, 7) is 12.4. The molecular weight excluding hydrogens is 677 g/mol. The number of carbonyl (C=O) groups excluding carboxylic acids is 2. The lowest BCUT2D eigenvalue weighted by atomic mass is 9.95. The quantitative estimate of drug-likeness (QED) is 0.0772. The number of carboxylic acids is 1. The van der Waals surface area contributed by atoms with Gasteiger partial charge >= 0.3 is 5.97 Å². The molecule has 4 N–H and O–H groups in total. The van der Waals surface area contributed by atoms with Crippen LogP contribution in [0.25, 0.3) is 22.5 Å². The van der Waals surface area contributed by atoms with Gasteiger partial charge in [0.05, 0.1) is 17.6 Å². The van der Waals surface area contributed by atoms with Crippen molar-refractivity contribution in [2.24, 2.45) is 5.92 Å². The number of unbranched alkanes of at least 4 members (excludes halogenated alkanes) is 4. The molecule has 2 heterocycles. The van der Waals surface area contributed by atoms with Crippen LogP contribution in [-0.2, 0) is 21.4 Å². The Labute approximate surface area is 311 Å². The van der Waals surface area contributed by atoms with Gasteiger partial charge in [-0.2, -0.15) is 0 Å². The molecule has 0 fully saturated rings. The van der Waals surface area contributed by atoms with Crippen molar-refractivity contribution in [1.82, 2.24) is 20.6 Å². The van der Waals surface area contributed by atoms with E-state index in [-0.39, 0.29) is 11.8 Å². The Morgan fingerprint density at radius 2 is 1.46 bits per heavy atom. The molecule has 0 saturated heterocycles. The summed E-state index contributed by atoms with van der Waals surface area (Å²) in [6.07, 6.45) is 8.28. The lowest BCUT2D eigenvalue weighted by molar-refractivity contribution is -0.146. The Morgan fingerprint density at radius 3 is 2.04 bits per heavy atom. The number of hydrogen-bond acceptors (Lipinski definition) is 8. The van der Waals surface area contributed by atoms with E-state index in [1.165, 1.54) is 37.0 Å². The lowest BCUT2D eigenvalue weighted by Crippen LogP contribution is -2.56. The number of ether oxygens (including phenoxy) is 1. The molecule has 0 spiro atoms. The first-order valence-electron chi connectivity index (χ1n) is 18.0. The fraction of sp³-hybridized carbons (Fsp3) is 0.439. The van der Waals surface area contributed by atoms with Crippen molar-refractivity contribution in [2.75, 3.05) is 6.61 Å². The van der Waals surface area contributed by atoms with Crippen LogP contribution in [0, 0.1) is 5.92 Å². The zero-order valence-corrected chi connectivity index (χ0v) is 31.8. The van der Waals surface area contributed by atoms with Crippen LogP contribution in [0.1, 0.15) is 93.8 Å². The van der Waals surface area contributed by atoms with E-state index >= 15 is 0 Å². The minimum Gasteiger partial charge on any atom is -0.494 e. The number of benzene rings is 2. The van der Waals surface area contributed by atoms with Gasteiger partial charge in [0.25, 0.3) is 5.91 Å². The summed E-state index contributed by atoms with van der Waals surface area (Å²) >= 11 is 1.34. The normalized spacial score (nSPS) is 13.3. The average Bonchev–Trinajstić information content (AvgIpc) is 3.64. The molecule has 10 nitrogen and oxygen atoms in total. The number of amides is 2. The fourth-order valence-electron chi connectivity index (χ4n) is 5.52. The minimum absolute atomic E-state index is 0.0812. The molecule has 0 aliphatic rings. The molecule has 3 atom stereocenters. The van der Waals surface area contributed by atoms with Crippen LogP contribution in [0.5, 0.6) is 5.75 Å². The van der Waals surface area contributed by atoms with Gasteiger partial charge in [-0.25, -0.2) is 14.8 Å². The molecule has 2 amide bonds. The number of aliphatic hydroxyl groups excluding tert-OH is 1. The second-order valence-electron chi connectivity index (χ2n) is 14.5. The van der Waals surface area contributed by atoms with E-state index in [2.05, 4.69) is 48.3 Å². The molecule has 2 aromatic carbocycles.